The zero-order valence-electron chi connectivity index (χ0n) is 11.3. The zero-order valence-corrected chi connectivity index (χ0v) is 11.3. The number of hydrogen-bond acceptors (Lipinski definition) is 3. The number of ether oxygens (including phenoxy) is 3. The first-order valence-electron chi connectivity index (χ1n) is 7.57. The van der Waals surface area contributed by atoms with Gasteiger partial charge in [0.1, 0.15) is 0 Å². The Balaban J connectivity index is 1.30. The van der Waals surface area contributed by atoms with Crippen LogP contribution < -0.4 is 0 Å². The molecule has 0 bridgehead atoms. The highest BCUT2D eigenvalue weighted by atomic mass is 16.6. The number of allylic oxidation sites excluding steroid dienone is 2. The van der Waals surface area contributed by atoms with Crippen LogP contribution in [-0.4, -0.2) is 24.4 Å². The third kappa shape index (κ3) is 2.34. The van der Waals surface area contributed by atoms with E-state index in [9.17, 15) is 0 Å². The highest BCUT2D eigenvalue weighted by Crippen LogP contribution is 2.45. The predicted octanol–water partition coefficient (Wildman–Crippen LogP) is 3.17. The third-order valence-corrected chi connectivity index (χ3v) is 5.18. The smallest absolute Gasteiger partial charge is 0.0996 e. The van der Waals surface area contributed by atoms with Gasteiger partial charge in [0.05, 0.1) is 35.9 Å². The zero-order chi connectivity index (χ0) is 13.0. The van der Waals surface area contributed by atoms with E-state index in [4.69, 9.17) is 14.2 Å². The Morgan fingerprint density at radius 2 is 1.21 bits per heavy atom. The first-order chi connectivity index (χ1) is 9.20. The lowest BCUT2D eigenvalue weighted by Gasteiger charge is -2.26. The van der Waals surface area contributed by atoms with Crippen molar-refractivity contribution in [1.29, 1.82) is 0 Å². The number of hydrogen-bond donors (Lipinski definition) is 0. The van der Waals surface area contributed by atoms with Crippen LogP contribution in [0.4, 0.5) is 0 Å². The Bertz CT molecular complexity index is 378. The van der Waals surface area contributed by atoms with Crippen molar-refractivity contribution in [3.05, 3.63) is 24.7 Å². The fourth-order valence-corrected chi connectivity index (χ4v) is 3.73. The van der Waals surface area contributed by atoms with Crippen LogP contribution in [0.5, 0.6) is 0 Å². The van der Waals surface area contributed by atoms with Gasteiger partial charge in [-0.15, -0.1) is 0 Å². The van der Waals surface area contributed by atoms with Gasteiger partial charge in [0.15, 0.2) is 0 Å². The minimum atomic E-state index is 0.453. The van der Waals surface area contributed by atoms with Gasteiger partial charge in [-0.25, -0.2) is 0 Å². The van der Waals surface area contributed by atoms with Gasteiger partial charge < -0.3 is 14.2 Å². The second kappa shape index (κ2) is 4.35. The fraction of sp³-hybridized carbons (Fsp3) is 0.750. The van der Waals surface area contributed by atoms with E-state index in [0.717, 1.165) is 50.0 Å². The van der Waals surface area contributed by atoms with Gasteiger partial charge in [-0.3, -0.25) is 0 Å². The molecule has 2 saturated heterocycles. The van der Waals surface area contributed by atoms with Gasteiger partial charge in [0, 0.05) is 11.8 Å². The van der Waals surface area contributed by atoms with Gasteiger partial charge in [-0.05, 0) is 38.5 Å². The summed E-state index contributed by atoms with van der Waals surface area (Å²) in [6.07, 6.45) is 8.78. The van der Waals surface area contributed by atoms with E-state index in [0.29, 0.717) is 36.3 Å². The average molecular weight is 262 g/mol. The van der Waals surface area contributed by atoms with Crippen LogP contribution in [0.3, 0.4) is 0 Å². The van der Waals surface area contributed by atoms with E-state index < -0.39 is 0 Å². The normalized spacial score (nSPS) is 46.7. The quantitative estimate of drug-likeness (QED) is 0.576. The van der Waals surface area contributed by atoms with Crippen molar-refractivity contribution in [3.63, 3.8) is 0 Å². The van der Waals surface area contributed by atoms with Crippen molar-refractivity contribution in [2.75, 3.05) is 0 Å². The molecule has 104 valence electrons. The highest BCUT2D eigenvalue weighted by molar-refractivity contribution is 5.08. The van der Waals surface area contributed by atoms with Gasteiger partial charge in [0.25, 0.3) is 0 Å². The largest absolute Gasteiger partial charge is 0.467 e. The van der Waals surface area contributed by atoms with Crippen LogP contribution in [0, 0.1) is 11.8 Å². The molecule has 3 nitrogen and oxygen atoms in total. The molecule has 4 fully saturated rings. The molecular weight excluding hydrogens is 240 g/mol. The summed E-state index contributed by atoms with van der Waals surface area (Å²) in [5.41, 5.74) is 0. The molecule has 0 aromatic rings. The highest BCUT2D eigenvalue weighted by Gasteiger charge is 2.46. The molecule has 0 aromatic carbocycles. The van der Waals surface area contributed by atoms with Crippen LogP contribution in [0.25, 0.3) is 0 Å². The van der Waals surface area contributed by atoms with Crippen molar-refractivity contribution in [3.8, 4) is 0 Å². The van der Waals surface area contributed by atoms with E-state index in [-0.39, 0.29) is 0 Å². The van der Waals surface area contributed by atoms with Crippen molar-refractivity contribution in [2.24, 2.45) is 11.8 Å². The van der Waals surface area contributed by atoms with E-state index >= 15 is 0 Å². The van der Waals surface area contributed by atoms with Gasteiger partial charge in [-0.2, -0.15) is 0 Å². The third-order valence-electron chi connectivity index (χ3n) is 5.18. The number of rotatable bonds is 4. The van der Waals surface area contributed by atoms with Crippen molar-refractivity contribution in [2.45, 2.75) is 62.9 Å². The molecule has 19 heavy (non-hydrogen) atoms. The lowest BCUT2D eigenvalue weighted by atomic mass is 9.87. The van der Waals surface area contributed by atoms with Crippen molar-refractivity contribution < 1.29 is 14.2 Å². The topological polar surface area (TPSA) is 34.3 Å². The second-order valence-electron chi connectivity index (χ2n) is 6.48. The molecule has 4 aliphatic rings. The Labute approximate surface area is 114 Å². The molecule has 2 aliphatic heterocycles. The summed E-state index contributed by atoms with van der Waals surface area (Å²) >= 11 is 0. The Hall–Kier alpha value is -0.800. The molecule has 6 unspecified atom stereocenters. The maximum Gasteiger partial charge on any atom is 0.0996 e. The molecule has 2 aliphatic carbocycles. The number of epoxide rings is 2. The lowest BCUT2D eigenvalue weighted by molar-refractivity contribution is 0.189. The molecule has 2 saturated carbocycles. The minimum Gasteiger partial charge on any atom is -0.467 e. The van der Waals surface area contributed by atoms with Crippen LogP contribution in [0.15, 0.2) is 24.7 Å². The Morgan fingerprint density at radius 1 is 0.737 bits per heavy atom. The first-order valence-corrected chi connectivity index (χ1v) is 7.57. The van der Waals surface area contributed by atoms with Gasteiger partial charge in [-0.1, -0.05) is 13.2 Å². The molecule has 3 heteroatoms. The maximum atomic E-state index is 5.96. The summed E-state index contributed by atoms with van der Waals surface area (Å²) in [5.74, 6) is 2.71. The monoisotopic (exact) mass is 262 g/mol. The summed E-state index contributed by atoms with van der Waals surface area (Å²) in [6, 6.07) is 0. The van der Waals surface area contributed by atoms with Gasteiger partial charge in [0.2, 0.25) is 0 Å². The molecule has 2 heterocycles. The molecule has 0 spiro atoms. The Morgan fingerprint density at radius 3 is 1.63 bits per heavy atom. The van der Waals surface area contributed by atoms with E-state index in [2.05, 4.69) is 13.2 Å². The lowest BCUT2D eigenvalue weighted by Crippen LogP contribution is -2.20. The molecular formula is C16H22O3. The van der Waals surface area contributed by atoms with Crippen LogP contribution >= 0.6 is 0 Å². The molecule has 6 atom stereocenters. The SMILES string of the molecule is C=C(OC(=C)C1CCC2OC2C1)C1CCC2OC2C1. The Kier molecular flexibility index (Phi) is 2.75. The molecule has 4 rings (SSSR count). The summed E-state index contributed by atoms with van der Waals surface area (Å²) in [4.78, 5) is 0. The summed E-state index contributed by atoms with van der Waals surface area (Å²) in [6.45, 7) is 8.25. The standard InChI is InChI=1S/C16H22O3/c1-9(11-3-5-13-15(7-11)18-13)17-10(2)12-4-6-14-16(8-12)19-14/h11-16H,1-8H2. The summed E-state index contributed by atoms with van der Waals surface area (Å²) in [5, 5.41) is 0. The molecule has 0 amide bonds. The number of fused-ring (bicyclic) bond motifs is 2. The first kappa shape index (κ1) is 12.0. The summed E-state index contributed by atoms with van der Waals surface area (Å²) < 4.78 is 17.1. The minimum absolute atomic E-state index is 0.453. The van der Waals surface area contributed by atoms with Crippen LogP contribution in [-0.2, 0) is 14.2 Å². The molecule has 0 N–H and O–H groups in total. The van der Waals surface area contributed by atoms with Crippen molar-refractivity contribution in [1.82, 2.24) is 0 Å². The second-order valence-corrected chi connectivity index (χ2v) is 6.48. The fourth-order valence-electron chi connectivity index (χ4n) is 3.73. The summed E-state index contributed by atoms with van der Waals surface area (Å²) in [7, 11) is 0. The van der Waals surface area contributed by atoms with Crippen molar-refractivity contribution >= 4 is 0 Å². The maximum absolute atomic E-state index is 5.96. The van der Waals surface area contributed by atoms with E-state index in [1.54, 1.807) is 0 Å². The van der Waals surface area contributed by atoms with Gasteiger partial charge >= 0.3 is 0 Å². The van der Waals surface area contributed by atoms with E-state index in [1.165, 1.54) is 0 Å². The van der Waals surface area contributed by atoms with Crippen LogP contribution in [0.2, 0.25) is 0 Å². The van der Waals surface area contributed by atoms with E-state index in [1.807, 2.05) is 0 Å². The predicted molar refractivity (Wildman–Crippen MR) is 71.4 cm³/mol. The van der Waals surface area contributed by atoms with Crippen LogP contribution in [0.1, 0.15) is 38.5 Å². The molecule has 0 aromatic heterocycles. The molecule has 0 radical (unpaired) electrons. The average Bonchev–Trinajstić information content (AvgIpc) is 3.30.